The van der Waals surface area contributed by atoms with E-state index in [1.807, 2.05) is 25.7 Å². The van der Waals surface area contributed by atoms with Crippen LogP contribution in [0.4, 0.5) is 0 Å². The summed E-state index contributed by atoms with van der Waals surface area (Å²) in [7, 11) is 0. The van der Waals surface area contributed by atoms with E-state index in [0.29, 0.717) is 26.2 Å². The van der Waals surface area contributed by atoms with Crippen molar-refractivity contribution in [2.75, 3.05) is 19.8 Å². The fourth-order valence-corrected chi connectivity index (χ4v) is 1.98. The number of morpholine rings is 1. The van der Waals surface area contributed by atoms with Gasteiger partial charge in [-0.3, -0.25) is 9.69 Å². The van der Waals surface area contributed by atoms with Gasteiger partial charge in [0.15, 0.2) is 0 Å². The molecule has 0 saturated carbocycles. The first-order chi connectivity index (χ1) is 6.49. The number of hydrogen-bond acceptors (Lipinski definition) is 3. The Bertz CT molecular complexity index is 215. The van der Waals surface area contributed by atoms with Crippen molar-refractivity contribution >= 4 is 5.97 Å². The van der Waals surface area contributed by atoms with Gasteiger partial charge in [0.05, 0.1) is 13.2 Å². The maximum Gasteiger partial charge on any atom is 0.320 e. The number of rotatable bonds is 3. The van der Waals surface area contributed by atoms with Crippen molar-refractivity contribution < 1.29 is 14.6 Å². The van der Waals surface area contributed by atoms with Crippen LogP contribution in [0.25, 0.3) is 0 Å². The van der Waals surface area contributed by atoms with E-state index >= 15 is 0 Å². The number of carbonyl (C=O) groups is 1. The Morgan fingerprint density at radius 1 is 1.64 bits per heavy atom. The van der Waals surface area contributed by atoms with Gasteiger partial charge in [0.25, 0.3) is 0 Å². The lowest BCUT2D eigenvalue weighted by atomic mass is 9.98. The summed E-state index contributed by atoms with van der Waals surface area (Å²) >= 11 is 0. The zero-order valence-electron chi connectivity index (χ0n) is 9.12. The van der Waals surface area contributed by atoms with Crippen molar-refractivity contribution in [3.8, 4) is 0 Å². The minimum atomic E-state index is -0.734. The van der Waals surface area contributed by atoms with Gasteiger partial charge in [0.2, 0.25) is 0 Å². The van der Waals surface area contributed by atoms with Crippen LogP contribution in [0.5, 0.6) is 0 Å². The molecule has 1 atom stereocenters. The minimum Gasteiger partial charge on any atom is -0.480 e. The number of carboxylic acid groups (broad SMARTS) is 1. The van der Waals surface area contributed by atoms with Gasteiger partial charge >= 0.3 is 5.97 Å². The van der Waals surface area contributed by atoms with E-state index < -0.39 is 5.97 Å². The Balaban J connectivity index is 2.76. The van der Waals surface area contributed by atoms with Gasteiger partial charge in [-0.2, -0.15) is 0 Å². The summed E-state index contributed by atoms with van der Waals surface area (Å²) in [6, 6.07) is -0.381. The Kier molecular flexibility index (Phi) is 3.50. The lowest BCUT2D eigenvalue weighted by Gasteiger charge is -2.44. The van der Waals surface area contributed by atoms with E-state index in [4.69, 9.17) is 9.84 Å². The standard InChI is InChI=1S/C10H19NO3/c1-4-8(9(12)13)11-5-6-14-7-10(11,2)3/h8H,4-7H2,1-3H3,(H,12,13). The summed E-state index contributed by atoms with van der Waals surface area (Å²) in [6.45, 7) is 7.90. The molecule has 0 amide bonds. The first-order valence-corrected chi connectivity index (χ1v) is 5.06. The van der Waals surface area contributed by atoms with E-state index in [1.54, 1.807) is 0 Å². The molecule has 1 heterocycles. The second-order valence-corrected chi connectivity index (χ2v) is 4.32. The third-order valence-electron chi connectivity index (χ3n) is 2.76. The molecule has 0 aliphatic carbocycles. The van der Waals surface area contributed by atoms with Crippen molar-refractivity contribution in [2.45, 2.75) is 38.8 Å². The summed E-state index contributed by atoms with van der Waals surface area (Å²) in [5, 5.41) is 9.08. The molecule has 1 fully saturated rings. The number of hydrogen-bond donors (Lipinski definition) is 1. The van der Waals surface area contributed by atoms with Crippen LogP contribution in [0.2, 0.25) is 0 Å². The zero-order chi connectivity index (χ0) is 10.8. The lowest BCUT2D eigenvalue weighted by Crippen LogP contribution is -2.59. The molecule has 0 spiro atoms. The van der Waals surface area contributed by atoms with Gasteiger partial charge < -0.3 is 9.84 Å². The highest BCUT2D eigenvalue weighted by Crippen LogP contribution is 2.23. The largest absolute Gasteiger partial charge is 0.480 e. The maximum atomic E-state index is 11.0. The van der Waals surface area contributed by atoms with Crippen LogP contribution in [0, 0.1) is 0 Å². The molecule has 1 rings (SSSR count). The zero-order valence-corrected chi connectivity index (χ0v) is 9.12. The summed E-state index contributed by atoms with van der Waals surface area (Å²) in [6.07, 6.45) is 0.638. The van der Waals surface area contributed by atoms with Crippen LogP contribution in [-0.4, -0.2) is 47.3 Å². The molecular formula is C10H19NO3. The Morgan fingerprint density at radius 2 is 2.29 bits per heavy atom. The molecule has 0 radical (unpaired) electrons. The van der Waals surface area contributed by atoms with Crippen molar-refractivity contribution in [1.29, 1.82) is 0 Å². The smallest absolute Gasteiger partial charge is 0.320 e. The van der Waals surface area contributed by atoms with Crippen molar-refractivity contribution in [3.05, 3.63) is 0 Å². The predicted molar refractivity (Wildman–Crippen MR) is 53.3 cm³/mol. The van der Waals surface area contributed by atoms with Crippen LogP contribution in [0.15, 0.2) is 0 Å². The second kappa shape index (κ2) is 4.28. The molecule has 1 aliphatic heterocycles. The van der Waals surface area contributed by atoms with Crippen LogP contribution in [0.1, 0.15) is 27.2 Å². The van der Waals surface area contributed by atoms with Gasteiger partial charge in [-0.25, -0.2) is 0 Å². The number of nitrogens with zero attached hydrogens (tertiary/aromatic N) is 1. The molecule has 0 aromatic carbocycles. The highest BCUT2D eigenvalue weighted by atomic mass is 16.5. The van der Waals surface area contributed by atoms with E-state index in [1.165, 1.54) is 0 Å². The van der Waals surface area contributed by atoms with Gasteiger partial charge in [-0.1, -0.05) is 6.92 Å². The van der Waals surface area contributed by atoms with E-state index in [0.717, 1.165) is 0 Å². The fourth-order valence-electron chi connectivity index (χ4n) is 1.98. The van der Waals surface area contributed by atoms with Crippen LogP contribution in [-0.2, 0) is 9.53 Å². The average molecular weight is 201 g/mol. The Labute approximate surface area is 84.8 Å². The molecule has 4 heteroatoms. The third kappa shape index (κ3) is 2.25. The normalized spacial score (nSPS) is 24.5. The molecule has 0 aromatic rings. The van der Waals surface area contributed by atoms with Crippen LogP contribution in [0.3, 0.4) is 0 Å². The van der Waals surface area contributed by atoms with Gasteiger partial charge in [0.1, 0.15) is 6.04 Å². The summed E-state index contributed by atoms with van der Waals surface area (Å²) in [4.78, 5) is 13.1. The summed E-state index contributed by atoms with van der Waals surface area (Å²) < 4.78 is 5.35. The summed E-state index contributed by atoms with van der Waals surface area (Å²) in [5.41, 5.74) is -0.169. The maximum absolute atomic E-state index is 11.0. The Hall–Kier alpha value is -0.610. The number of aliphatic carboxylic acids is 1. The molecule has 1 aliphatic rings. The van der Waals surface area contributed by atoms with Crippen LogP contribution < -0.4 is 0 Å². The van der Waals surface area contributed by atoms with Crippen LogP contribution >= 0.6 is 0 Å². The Morgan fingerprint density at radius 3 is 2.71 bits per heavy atom. The topological polar surface area (TPSA) is 49.8 Å². The predicted octanol–water partition coefficient (Wildman–Crippen LogP) is 0.960. The molecule has 1 unspecified atom stereocenters. The van der Waals surface area contributed by atoms with Crippen molar-refractivity contribution in [3.63, 3.8) is 0 Å². The summed E-state index contributed by atoms with van der Waals surface area (Å²) in [5.74, 6) is -0.734. The van der Waals surface area contributed by atoms with E-state index in [2.05, 4.69) is 0 Å². The average Bonchev–Trinajstić information content (AvgIpc) is 2.08. The molecule has 1 N–H and O–H groups in total. The lowest BCUT2D eigenvalue weighted by molar-refractivity contribution is -0.151. The number of ether oxygens (including phenoxy) is 1. The highest BCUT2D eigenvalue weighted by Gasteiger charge is 2.37. The molecule has 0 bridgehead atoms. The SMILES string of the molecule is CCC(C(=O)O)N1CCOCC1(C)C. The van der Waals surface area contributed by atoms with Gasteiger partial charge in [0, 0.05) is 12.1 Å². The quantitative estimate of drug-likeness (QED) is 0.739. The molecule has 0 aromatic heterocycles. The first-order valence-electron chi connectivity index (χ1n) is 5.06. The van der Waals surface area contributed by atoms with E-state index in [9.17, 15) is 4.79 Å². The van der Waals surface area contributed by atoms with E-state index in [-0.39, 0.29) is 11.6 Å². The van der Waals surface area contributed by atoms with Crippen molar-refractivity contribution in [1.82, 2.24) is 4.90 Å². The van der Waals surface area contributed by atoms with Gasteiger partial charge in [-0.05, 0) is 20.3 Å². The second-order valence-electron chi connectivity index (χ2n) is 4.32. The molecule has 82 valence electrons. The van der Waals surface area contributed by atoms with Crippen molar-refractivity contribution in [2.24, 2.45) is 0 Å². The molecule has 4 nitrogen and oxygen atoms in total. The molecule has 1 saturated heterocycles. The van der Waals surface area contributed by atoms with Gasteiger partial charge in [-0.15, -0.1) is 0 Å². The molecule has 14 heavy (non-hydrogen) atoms. The monoisotopic (exact) mass is 201 g/mol. The molecular weight excluding hydrogens is 182 g/mol. The first kappa shape index (κ1) is 11.5. The minimum absolute atomic E-state index is 0.169. The fraction of sp³-hybridized carbons (Fsp3) is 0.900. The highest BCUT2D eigenvalue weighted by molar-refractivity contribution is 5.73. The third-order valence-corrected chi connectivity index (χ3v) is 2.76. The number of carboxylic acids is 1.